The second kappa shape index (κ2) is 42.0. The fourth-order valence-corrected chi connectivity index (χ4v) is 11.3. The summed E-state index contributed by atoms with van der Waals surface area (Å²) in [4.78, 5) is 98.6. The molecule has 82 heavy (non-hydrogen) atoms. The van der Waals surface area contributed by atoms with Gasteiger partial charge < -0.3 is 46.4 Å². The van der Waals surface area contributed by atoms with Crippen LogP contribution in [0, 0.1) is 66.1 Å². The largest absolute Gasteiger partial charge is 0.481 e. The van der Waals surface area contributed by atoms with Crippen LogP contribution in [0.5, 0.6) is 0 Å². The minimum atomic E-state index is -0.983. The summed E-state index contributed by atoms with van der Waals surface area (Å²) in [6, 6.07) is 12.7. The number of aromatic carboxylic acids is 1. The van der Waals surface area contributed by atoms with Gasteiger partial charge in [0.2, 0.25) is 11.8 Å². The number of thioether (sulfide) groups is 2. The SMILES string of the molecule is CC(=O)NC(CC(C)C)C(=O)O.CC(=O)NC(CC(C)C)C(=O)O.CC(C)C1CC=CCC1C(=O)O.CC(C)C1CCCCC1C(=O)O.CC(C)CC(Sc1ccc(C(=O)O)cc1)C(=O)O.Cc1ccc(SC(CC(C)C)C(=O)O)cc1. The summed E-state index contributed by atoms with van der Waals surface area (Å²) in [6.45, 7) is 28.8. The van der Waals surface area contributed by atoms with Crippen molar-refractivity contribution in [3.8, 4) is 0 Å². The first kappa shape index (κ1) is 78.2. The Bertz CT molecular complexity index is 2240. The van der Waals surface area contributed by atoms with E-state index in [1.807, 2.05) is 92.7 Å². The number of hydrogen-bond donors (Lipinski definition) is 9. The number of carboxylic acids is 7. The average molecular weight is 1190 g/mol. The summed E-state index contributed by atoms with van der Waals surface area (Å²) in [6.07, 6.45) is 12.2. The van der Waals surface area contributed by atoms with Gasteiger partial charge in [-0.2, -0.15) is 0 Å². The number of hydrogen-bond acceptors (Lipinski definition) is 11. The molecule has 2 aromatic rings. The maximum absolute atomic E-state index is 11.1. The molecule has 20 heteroatoms. The van der Waals surface area contributed by atoms with Crippen molar-refractivity contribution in [2.24, 2.45) is 59.2 Å². The predicted octanol–water partition coefficient (Wildman–Crippen LogP) is 12.6. The van der Waals surface area contributed by atoms with Gasteiger partial charge in [0.15, 0.2) is 0 Å². The topological polar surface area (TPSA) is 319 Å². The number of aliphatic carboxylic acids is 6. The molecule has 0 saturated heterocycles. The number of amides is 2. The second-order valence-electron chi connectivity index (χ2n) is 23.2. The number of carboxylic acid groups (broad SMARTS) is 7. The number of carbonyl (C=O) groups excluding carboxylic acids is 2. The highest BCUT2D eigenvalue weighted by Gasteiger charge is 2.33. The Morgan fingerprint density at radius 1 is 0.463 bits per heavy atom. The molecular weight excluding hydrogens is 1090 g/mol. The molecule has 2 aromatic carbocycles. The first-order chi connectivity index (χ1) is 38.0. The first-order valence-electron chi connectivity index (χ1n) is 28.3. The lowest BCUT2D eigenvalue weighted by molar-refractivity contribution is -0.146. The van der Waals surface area contributed by atoms with Gasteiger partial charge in [-0.25, -0.2) is 14.4 Å². The lowest BCUT2D eigenvalue weighted by atomic mass is 9.73. The van der Waals surface area contributed by atoms with Crippen LogP contribution in [0.2, 0.25) is 0 Å². The van der Waals surface area contributed by atoms with E-state index in [1.165, 1.54) is 61.5 Å². The molecule has 0 radical (unpaired) electrons. The van der Waals surface area contributed by atoms with Gasteiger partial charge in [-0.15, -0.1) is 23.5 Å². The third kappa shape index (κ3) is 36.5. The van der Waals surface area contributed by atoms with Crippen LogP contribution >= 0.6 is 23.5 Å². The van der Waals surface area contributed by atoms with Gasteiger partial charge in [-0.1, -0.05) is 126 Å². The van der Waals surface area contributed by atoms with Gasteiger partial charge in [0, 0.05) is 23.6 Å². The van der Waals surface area contributed by atoms with Crippen molar-refractivity contribution in [2.45, 2.75) is 200 Å². The van der Waals surface area contributed by atoms with E-state index in [1.54, 1.807) is 12.1 Å². The molecule has 0 aliphatic heterocycles. The molecule has 2 aliphatic carbocycles. The minimum absolute atomic E-state index is 0.0706. The summed E-state index contributed by atoms with van der Waals surface area (Å²) < 4.78 is 0. The number of aryl methyl sites for hydroxylation is 1. The van der Waals surface area contributed by atoms with Crippen LogP contribution in [0.1, 0.15) is 177 Å². The van der Waals surface area contributed by atoms with Crippen molar-refractivity contribution < 1.29 is 78.9 Å². The number of benzene rings is 2. The molecule has 2 aliphatic rings. The van der Waals surface area contributed by atoms with Crippen LogP contribution in [-0.2, 0) is 38.4 Å². The minimum Gasteiger partial charge on any atom is -0.481 e. The lowest BCUT2D eigenvalue weighted by Gasteiger charge is -2.31. The van der Waals surface area contributed by atoms with Crippen LogP contribution in [0.25, 0.3) is 0 Å². The molecule has 2 amide bonds. The van der Waals surface area contributed by atoms with Crippen molar-refractivity contribution in [1.29, 1.82) is 0 Å². The summed E-state index contributed by atoms with van der Waals surface area (Å²) in [7, 11) is 0. The van der Waals surface area contributed by atoms with Crippen LogP contribution in [-0.4, -0.2) is 112 Å². The molecule has 0 aromatic heterocycles. The fourth-order valence-electron chi connectivity index (χ4n) is 8.87. The summed E-state index contributed by atoms with van der Waals surface area (Å²) >= 11 is 2.69. The number of nitrogens with one attached hydrogen (secondary N) is 2. The monoisotopic (exact) mass is 1190 g/mol. The standard InChI is InChI=1S/C13H16O4S.C13H18O2S.C10H18O2.C10H16O2.2C8H15NO3/c1-8(2)7-11(13(16)17)18-10-5-3-9(4-6-10)12(14)15;1-9(2)8-12(13(14)15)16-11-6-4-10(3)5-7-11;2*1-7(2)8-5-3-4-6-9(8)10(11)12;2*1-5(2)4-7(8(11)12)9-6(3)10/h3-6,8,11H,7H2,1-2H3,(H,14,15)(H,16,17);4-7,9,12H,8H2,1-3H3,(H,14,15);7-9H,3-6H2,1-2H3,(H,11,12);3-4,7-9H,5-6H2,1-2H3,(H,11,12);2*5,7H,4H2,1-3H3,(H,9,10)(H,11,12). The summed E-state index contributed by atoms with van der Waals surface area (Å²) in [5.41, 5.74) is 1.40. The van der Waals surface area contributed by atoms with Crippen LogP contribution in [0.3, 0.4) is 0 Å². The Labute approximate surface area is 495 Å². The van der Waals surface area contributed by atoms with Gasteiger partial charge in [0.05, 0.1) is 17.4 Å². The summed E-state index contributed by atoms with van der Waals surface area (Å²) in [5, 5.41) is 66.1. The molecular formula is C62H98N2O16S2. The molecule has 8 unspecified atom stereocenters. The highest BCUT2D eigenvalue weighted by atomic mass is 32.2. The molecule has 18 nitrogen and oxygen atoms in total. The number of allylic oxidation sites excluding steroid dienone is 2. The van der Waals surface area contributed by atoms with Crippen LogP contribution in [0.15, 0.2) is 70.5 Å². The zero-order valence-electron chi connectivity index (χ0n) is 51.0. The molecule has 4 rings (SSSR count). The highest BCUT2D eigenvalue weighted by Crippen LogP contribution is 2.35. The smallest absolute Gasteiger partial charge is 0.335 e. The van der Waals surface area contributed by atoms with Gasteiger partial charge in [-0.05, 0) is 142 Å². The fraction of sp³-hybridized carbons (Fsp3) is 0.629. The van der Waals surface area contributed by atoms with Gasteiger partial charge >= 0.3 is 41.8 Å². The van der Waals surface area contributed by atoms with Crippen LogP contribution < -0.4 is 10.6 Å². The van der Waals surface area contributed by atoms with E-state index in [4.69, 9.17) is 35.7 Å². The molecule has 0 heterocycles. The van der Waals surface area contributed by atoms with E-state index in [2.05, 4.69) is 44.4 Å². The van der Waals surface area contributed by atoms with Gasteiger partial charge in [-0.3, -0.25) is 28.8 Å². The molecule has 1 fully saturated rings. The molecule has 1 saturated carbocycles. The molecule has 464 valence electrons. The van der Waals surface area contributed by atoms with Gasteiger partial charge in [0.25, 0.3) is 0 Å². The third-order valence-electron chi connectivity index (χ3n) is 13.0. The Balaban J connectivity index is 0. The second-order valence-corrected chi connectivity index (χ2v) is 25.7. The van der Waals surface area contributed by atoms with Crippen molar-refractivity contribution in [3.05, 3.63) is 71.8 Å². The van der Waals surface area contributed by atoms with E-state index in [9.17, 15) is 43.2 Å². The maximum Gasteiger partial charge on any atom is 0.335 e. The first-order valence-corrected chi connectivity index (χ1v) is 30.1. The van der Waals surface area contributed by atoms with Crippen molar-refractivity contribution in [3.63, 3.8) is 0 Å². The van der Waals surface area contributed by atoms with Gasteiger partial charge in [0.1, 0.15) is 22.6 Å². The molecule has 8 atom stereocenters. The zero-order chi connectivity index (χ0) is 63.6. The predicted molar refractivity (Wildman–Crippen MR) is 323 cm³/mol. The van der Waals surface area contributed by atoms with Crippen molar-refractivity contribution in [1.82, 2.24) is 10.6 Å². The number of rotatable bonds is 23. The normalized spacial score (nSPS) is 17.7. The zero-order valence-corrected chi connectivity index (χ0v) is 52.7. The van der Waals surface area contributed by atoms with E-state index >= 15 is 0 Å². The highest BCUT2D eigenvalue weighted by molar-refractivity contribution is 8.00. The molecule has 9 N–H and O–H groups in total. The molecule has 0 spiro atoms. The average Bonchev–Trinajstić information content (AvgIpc) is 3.36. The number of carbonyl (C=O) groups is 9. The van der Waals surface area contributed by atoms with Crippen molar-refractivity contribution in [2.75, 3.05) is 0 Å². The van der Waals surface area contributed by atoms with E-state index < -0.39 is 59.1 Å². The maximum atomic E-state index is 11.1. The quantitative estimate of drug-likeness (QED) is 0.0369. The molecule has 0 bridgehead atoms. The Kier molecular flexibility index (Phi) is 40.0. The van der Waals surface area contributed by atoms with E-state index in [-0.39, 0.29) is 46.3 Å². The van der Waals surface area contributed by atoms with E-state index in [0.29, 0.717) is 67.6 Å². The van der Waals surface area contributed by atoms with Crippen molar-refractivity contribution >= 4 is 77.1 Å². The lowest BCUT2D eigenvalue weighted by Crippen LogP contribution is -2.40. The van der Waals surface area contributed by atoms with Crippen LogP contribution in [0.4, 0.5) is 0 Å². The third-order valence-corrected chi connectivity index (χ3v) is 15.5. The Morgan fingerprint density at radius 2 is 0.817 bits per heavy atom. The Morgan fingerprint density at radius 3 is 1.10 bits per heavy atom. The van der Waals surface area contributed by atoms with E-state index in [0.717, 1.165) is 35.5 Å². The summed E-state index contributed by atoms with van der Waals surface area (Å²) in [5.74, 6) is -3.60. The Hall–Kier alpha value is -5.89.